The van der Waals surface area contributed by atoms with Crippen molar-refractivity contribution in [2.24, 2.45) is 11.8 Å². The molecule has 1 aromatic rings. The average molecular weight is 262 g/mol. The van der Waals surface area contributed by atoms with Crippen LogP contribution >= 0.6 is 0 Å². The van der Waals surface area contributed by atoms with Crippen molar-refractivity contribution in [1.29, 1.82) is 0 Å². The molecule has 1 amide bonds. The molecule has 4 N–H and O–H groups in total. The molecule has 2 unspecified atom stereocenters. The number of nitrogens with one attached hydrogen (secondary N) is 2. The van der Waals surface area contributed by atoms with E-state index in [1.54, 1.807) is 18.5 Å². The highest BCUT2D eigenvalue weighted by molar-refractivity contribution is 5.99. The van der Waals surface area contributed by atoms with Crippen LogP contribution in [0.4, 0.5) is 5.69 Å². The molecule has 6 nitrogen and oxygen atoms in total. The number of carbonyl (C=O) groups excluding carboxylic acids is 1. The molecule has 1 aliphatic carbocycles. The van der Waals surface area contributed by atoms with Crippen LogP contribution in [0.5, 0.6) is 0 Å². The third kappa shape index (κ3) is 2.54. The Bertz CT molecular complexity index is 475. The molecule has 0 radical (unpaired) electrons. The number of rotatable bonds is 4. The lowest BCUT2D eigenvalue weighted by Crippen LogP contribution is -2.41. The second kappa shape index (κ2) is 5.14. The molecule has 2 heterocycles. The van der Waals surface area contributed by atoms with E-state index in [-0.39, 0.29) is 18.1 Å². The maximum absolute atomic E-state index is 12.3. The van der Waals surface area contributed by atoms with Crippen molar-refractivity contribution >= 4 is 11.6 Å². The minimum absolute atomic E-state index is 0.110. The van der Waals surface area contributed by atoms with Crippen molar-refractivity contribution in [2.45, 2.75) is 31.4 Å². The van der Waals surface area contributed by atoms with Crippen molar-refractivity contribution < 1.29 is 9.53 Å². The molecule has 6 heteroatoms. The van der Waals surface area contributed by atoms with Crippen LogP contribution in [-0.2, 0) is 4.74 Å². The Hall–Kier alpha value is -1.66. The van der Waals surface area contributed by atoms with Gasteiger partial charge in [-0.25, -0.2) is 0 Å². The monoisotopic (exact) mass is 262 g/mol. The minimum atomic E-state index is -0.128. The first kappa shape index (κ1) is 12.4. The van der Waals surface area contributed by atoms with Gasteiger partial charge >= 0.3 is 0 Å². The highest BCUT2D eigenvalue weighted by Gasteiger charge is 2.41. The van der Waals surface area contributed by atoms with Crippen molar-refractivity contribution in [2.75, 3.05) is 12.0 Å². The SMILES string of the molecule is NNc1cnccc1C(=O)NC1CCOC1C1CC1. The van der Waals surface area contributed by atoms with Gasteiger partial charge in [0.15, 0.2) is 0 Å². The molecule has 102 valence electrons. The smallest absolute Gasteiger partial charge is 0.253 e. The zero-order valence-electron chi connectivity index (χ0n) is 10.6. The lowest BCUT2D eigenvalue weighted by Gasteiger charge is -2.20. The molecule has 0 spiro atoms. The second-order valence-electron chi connectivity index (χ2n) is 5.11. The van der Waals surface area contributed by atoms with E-state index in [1.165, 1.54) is 12.8 Å². The van der Waals surface area contributed by atoms with Crippen LogP contribution in [0, 0.1) is 5.92 Å². The Morgan fingerprint density at radius 3 is 3.00 bits per heavy atom. The van der Waals surface area contributed by atoms with Gasteiger partial charge in [0.2, 0.25) is 0 Å². The standard InChI is InChI=1S/C13H18N4O2/c14-17-11-7-15-5-3-9(11)13(18)16-10-4-6-19-12(10)8-1-2-8/h3,5,7-8,10,12,17H,1-2,4,6,14H2,(H,16,18). The fraction of sp³-hybridized carbons (Fsp3) is 0.538. The summed E-state index contributed by atoms with van der Waals surface area (Å²) in [6, 6.07) is 1.77. The highest BCUT2D eigenvalue weighted by Crippen LogP contribution is 2.38. The number of amides is 1. The predicted molar refractivity (Wildman–Crippen MR) is 70.4 cm³/mol. The fourth-order valence-corrected chi connectivity index (χ4v) is 2.61. The topological polar surface area (TPSA) is 89.3 Å². The van der Waals surface area contributed by atoms with Crippen LogP contribution in [0.1, 0.15) is 29.6 Å². The lowest BCUT2D eigenvalue weighted by molar-refractivity contribution is 0.0730. The summed E-state index contributed by atoms with van der Waals surface area (Å²) >= 11 is 0. The maximum Gasteiger partial charge on any atom is 0.253 e. The Labute approximate surface area is 111 Å². The number of ether oxygens (including phenoxy) is 1. The van der Waals surface area contributed by atoms with E-state index in [2.05, 4.69) is 15.7 Å². The van der Waals surface area contributed by atoms with Gasteiger partial charge < -0.3 is 15.5 Å². The summed E-state index contributed by atoms with van der Waals surface area (Å²) in [5.74, 6) is 5.88. The Balaban J connectivity index is 1.70. The van der Waals surface area contributed by atoms with E-state index in [4.69, 9.17) is 10.6 Å². The summed E-state index contributed by atoms with van der Waals surface area (Å²) < 4.78 is 5.72. The van der Waals surface area contributed by atoms with Crippen LogP contribution < -0.4 is 16.6 Å². The number of aromatic nitrogens is 1. The second-order valence-corrected chi connectivity index (χ2v) is 5.11. The molecule has 0 bridgehead atoms. The van der Waals surface area contributed by atoms with Crippen molar-refractivity contribution in [3.05, 3.63) is 24.0 Å². The van der Waals surface area contributed by atoms with Gasteiger partial charge in [-0.3, -0.25) is 15.6 Å². The normalized spacial score (nSPS) is 26.2. The molecule has 19 heavy (non-hydrogen) atoms. The molecule has 2 fully saturated rings. The minimum Gasteiger partial charge on any atom is -0.376 e. The number of nitrogen functional groups attached to an aromatic ring is 1. The van der Waals surface area contributed by atoms with E-state index >= 15 is 0 Å². The lowest BCUT2D eigenvalue weighted by atomic mass is 10.1. The fourth-order valence-electron chi connectivity index (χ4n) is 2.61. The van der Waals surface area contributed by atoms with Crippen LogP contribution in [0.3, 0.4) is 0 Å². The number of nitrogens with two attached hydrogens (primary N) is 1. The van der Waals surface area contributed by atoms with Gasteiger partial charge in [0.25, 0.3) is 5.91 Å². The van der Waals surface area contributed by atoms with E-state index in [9.17, 15) is 4.79 Å². The zero-order chi connectivity index (χ0) is 13.2. The molecule has 0 aromatic carbocycles. The molecular weight excluding hydrogens is 244 g/mol. The summed E-state index contributed by atoms with van der Waals surface area (Å²) in [7, 11) is 0. The zero-order valence-corrected chi connectivity index (χ0v) is 10.6. The molecule has 3 rings (SSSR count). The van der Waals surface area contributed by atoms with Gasteiger partial charge in [0.05, 0.1) is 29.6 Å². The summed E-state index contributed by atoms with van der Waals surface area (Å²) in [6.45, 7) is 0.727. The first-order valence-electron chi connectivity index (χ1n) is 6.62. The van der Waals surface area contributed by atoms with E-state index in [1.807, 2.05) is 0 Å². The summed E-state index contributed by atoms with van der Waals surface area (Å²) in [4.78, 5) is 16.2. The number of pyridine rings is 1. The molecular formula is C13H18N4O2. The maximum atomic E-state index is 12.3. The first-order chi connectivity index (χ1) is 9.29. The van der Waals surface area contributed by atoms with Crippen LogP contribution in [0.2, 0.25) is 0 Å². The third-order valence-electron chi connectivity index (χ3n) is 3.76. The number of carbonyl (C=O) groups is 1. The van der Waals surface area contributed by atoms with Gasteiger partial charge in [0, 0.05) is 12.8 Å². The van der Waals surface area contributed by atoms with E-state index < -0.39 is 0 Å². The Morgan fingerprint density at radius 1 is 1.42 bits per heavy atom. The van der Waals surface area contributed by atoms with Gasteiger partial charge in [-0.15, -0.1) is 0 Å². The van der Waals surface area contributed by atoms with Gasteiger partial charge in [-0.1, -0.05) is 0 Å². The first-order valence-corrected chi connectivity index (χ1v) is 6.62. The van der Waals surface area contributed by atoms with Gasteiger partial charge in [-0.2, -0.15) is 0 Å². The number of hydrogen-bond donors (Lipinski definition) is 3. The largest absolute Gasteiger partial charge is 0.376 e. The van der Waals surface area contributed by atoms with Crippen molar-refractivity contribution in [3.8, 4) is 0 Å². The molecule has 1 saturated carbocycles. The number of hydrazine groups is 1. The number of hydrogen-bond acceptors (Lipinski definition) is 5. The summed E-state index contributed by atoms with van der Waals surface area (Å²) in [5, 5.41) is 3.05. The molecule has 2 atom stereocenters. The van der Waals surface area contributed by atoms with Gasteiger partial charge in [0.1, 0.15) is 0 Å². The molecule has 1 saturated heterocycles. The Kier molecular flexibility index (Phi) is 3.35. The number of anilines is 1. The van der Waals surface area contributed by atoms with Gasteiger partial charge in [-0.05, 0) is 31.2 Å². The third-order valence-corrected chi connectivity index (χ3v) is 3.76. The molecule has 1 aliphatic heterocycles. The van der Waals surface area contributed by atoms with Crippen LogP contribution in [0.15, 0.2) is 18.5 Å². The van der Waals surface area contributed by atoms with Crippen molar-refractivity contribution in [1.82, 2.24) is 10.3 Å². The van der Waals surface area contributed by atoms with Crippen LogP contribution in [-0.4, -0.2) is 29.6 Å². The number of nitrogens with zero attached hydrogens (tertiary/aromatic N) is 1. The average Bonchev–Trinajstić information content (AvgIpc) is 3.19. The van der Waals surface area contributed by atoms with Crippen molar-refractivity contribution in [3.63, 3.8) is 0 Å². The van der Waals surface area contributed by atoms with E-state index in [0.717, 1.165) is 13.0 Å². The molecule has 2 aliphatic rings. The summed E-state index contributed by atoms with van der Waals surface area (Å²) in [5.41, 5.74) is 3.54. The Morgan fingerprint density at radius 2 is 2.26 bits per heavy atom. The predicted octanol–water partition coefficient (Wildman–Crippen LogP) is 0.664. The summed E-state index contributed by atoms with van der Waals surface area (Å²) in [6.07, 6.45) is 6.60. The highest BCUT2D eigenvalue weighted by atomic mass is 16.5. The van der Waals surface area contributed by atoms with Crippen LogP contribution in [0.25, 0.3) is 0 Å². The molecule has 1 aromatic heterocycles. The van der Waals surface area contributed by atoms with E-state index in [0.29, 0.717) is 17.2 Å². The quantitative estimate of drug-likeness (QED) is 0.548.